The normalized spacial score (nSPS) is 12.9. The van der Waals surface area contributed by atoms with E-state index < -0.39 is 6.10 Å². The first-order chi connectivity index (χ1) is 9.67. The first-order valence-corrected chi connectivity index (χ1v) is 8.32. The smallest absolute Gasteiger partial charge is 0.260 e. The molecule has 4 heteroatoms. The van der Waals surface area contributed by atoms with Crippen molar-refractivity contribution >= 4 is 17.7 Å². The van der Waals surface area contributed by atoms with Crippen molar-refractivity contribution in [3.63, 3.8) is 0 Å². The third-order valence-corrected chi connectivity index (χ3v) is 4.09. The lowest BCUT2D eigenvalue weighted by Crippen LogP contribution is -2.37. The average molecular weight is 309 g/mol. The van der Waals surface area contributed by atoms with E-state index >= 15 is 0 Å². The van der Waals surface area contributed by atoms with Crippen LogP contribution in [-0.4, -0.2) is 29.1 Å². The molecule has 0 saturated carbocycles. The number of hydrogen-bond donors (Lipinski definition) is 1. The minimum atomic E-state index is -0.481. The molecule has 0 aliphatic rings. The van der Waals surface area contributed by atoms with E-state index in [2.05, 4.69) is 32.2 Å². The molecule has 118 valence electrons. The second-order valence-electron chi connectivity index (χ2n) is 6.34. The van der Waals surface area contributed by atoms with Crippen molar-refractivity contribution in [3.8, 4) is 5.75 Å². The Morgan fingerprint density at radius 1 is 1.24 bits per heavy atom. The van der Waals surface area contributed by atoms with Crippen LogP contribution in [0.5, 0.6) is 5.75 Å². The van der Waals surface area contributed by atoms with Gasteiger partial charge in [0, 0.05) is 17.0 Å². The van der Waals surface area contributed by atoms with Gasteiger partial charge in [0.15, 0.2) is 6.10 Å². The molecule has 0 spiro atoms. The zero-order valence-corrected chi connectivity index (χ0v) is 14.8. The van der Waals surface area contributed by atoms with Crippen molar-refractivity contribution in [2.75, 3.05) is 12.3 Å². The molecule has 1 rings (SSSR count). The third-order valence-electron chi connectivity index (χ3n) is 2.81. The second-order valence-corrected chi connectivity index (χ2v) is 8.26. The molecule has 3 nitrogen and oxygen atoms in total. The monoisotopic (exact) mass is 309 g/mol. The van der Waals surface area contributed by atoms with Crippen LogP contribution in [0.1, 0.15) is 38.8 Å². The SMILES string of the molecule is Cc1cc(C)cc(O[C@H](C)C(=O)NCCSC(C)(C)C)c1. The van der Waals surface area contributed by atoms with Crippen molar-refractivity contribution < 1.29 is 9.53 Å². The fourth-order valence-corrected chi connectivity index (χ4v) is 2.75. The summed E-state index contributed by atoms with van der Waals surface area (Å²) >= 11 is 1.84. The zero-order chi connectivity index (χ0) is 16.0. The van der Waals surface area contributed by atoms with Gasteiger partial charge in [0.05, 0.1) is 0 Å². The summed E-state index contributed by atoms with van der Waals surface area (Å²) in [5.74, 6) is 1.59. The highest BCUT2D eigenvalue weighted by Gasteiger charge is 2.15. The van der Waals surface area contributed by atoms with Crippen molar-refractivity contribution in [1.82, 2.24) is 5.32 Å². The Kier molecular flexibility index (Phi) is 6.59. The van der Waals surface area contributed by atoms with Crippen molar-refractivity contribution in [1.29, 1.82) is 0 Å². The number of aryl methyl sites for hydroxylation is 2. The number of carbonyl (C=O) groups excluding carboxylic acids is 1. The predicted octanol–water partition coefficient (Wildman–Crippen LogP) is 3.72. The van der Waals surface area contributed by atoms with Crippen LogP contribution in [0.3, 0.4) is 0 Å². The molecular formula is C17H27NO2S. The van der Waals surface area contributed by atoms with Crippen LogP contribution in [0.4, 0.5) is 0 Å². The van der Waals surface area contributed by atoms with E-state index in [-0.39, 0.29) is 10.7 Å². The molecule has 0 heterocycles. The molecule has 1 aromatic rings. The Hall–Kier alpha value is -1.16. The summed E-state index contributed by atoms with van der Waals surface area (Å²) < 4.78 is 5.95. The Morgan fingerprint density at radius 2 is 1.81 bits per heavy atom. The van der Waals surface area contributed by atoms with Gasteiger partial charge in [-0.05, 0) is 44.0 Å². The fraction of sp³-hybridized carbons (Fsp3) is 0.588. The summed E-state index contributed by atoms with van der Waals surface area (Å²) in [6.07, 6.45) is -0.481. The number of carbonyl (C=O) groups is 1. The summed E-state index contributed by atoms with van der Waals surface area (Å²) in [7, 11) is 0. The predicted molar refractivity (Wildman–Crippen MR) is 91.2 cm³/mol. The van der Waals surface area contributed by atoms with Gasteiger partial charge < -0.3 is 10.1 Å². The molecule has 0 radical (unpaired) electrons. The summed E-state index contributed by atoms with van der Waals surface area (Å²) in [5, 5.41) is 2.92. The molecular weight excluding hydrogens is 282 g/mol. The molecule has 0 aliphatic carbocycles. The number of ether oxygens (including phenoxy) is 1. The van der Waals surface area contributed by atoms with E-state index in [1.165, 1.54) is 0 Å². The number of rotatable bonds is 6. The average Bonchev–Trinajstić information content (AvgIpc) is 2.31. The van der Waals surface area contributed by atoms with Crippen LogP contribution in [0.2, 0.25) is 0 Å². The van der Waals surface area contributed by atoms with Gasteiger partial charge in [-0.2, -0.15) is 11.8 Å². The van der Waals surface area contributed by atoms with Gasteiger partial charge in [-0.1, -0.05) is 26.8 Å². The van der Waals surface area contributed by atoms with E-state index in [0.29, 0.717) is 6.54 Å². The quantitative estimate of drug-likeness (QED) is 0.814. The van der Waals surface area contributed by atoms with E-state index in [1.54, 1.807) is 6.92 Å². The highest BCUT2D eigenvalue weighted by molar-refractivity contribution is 8.00. The van der Waals surface area contributed by atoms with Gasteiger partial charge in [0.25, 0.3) is 5.91 Å². The Morgan fingerprint density at radius 3 is 2.33 bits per heavy atom. The third kappa shape index (κ3) is 7.42. The Balaban J connectivity index is 2.40. The maximum atomic E-state index is 12.0. The molecule has 1 aromatic carbocycles. The molecule has 1 atom stereocenters. The maximum absolute atomic E-state index is 12.0. The molecule has 0 aromatic heterocycles. The minimum Gasteiger partial charge on any atom is -0.481 e. The maximum Gasteiger partial charge on any atom is 0.260 e. The molecule has 21 heavy (non-hydrogen) atoms. The second kappa shape index (κ2) is 7.74. The van der Waals surface area contributed by atoms with Crippen LogP contribution in [0.25, 0.3) is 0 Å². The lowest BCUT2D eigenvalue weighted by Gasteiger charge is -2.19. The van der Waals surface area contributed by atoms with Crippen molar-refractivity contribution in [2.24, 2.45) is 0 Å². The number of hydrogen-bond acceptors (Lipinski definition) is 3. The summed E-state index contributed by atoms with van der Waals surface area (Å²) in [6.45, 7) is 13.0. The first-order valence-electron chi connectivity index (χ1n) is 7.34. The fourth-order valence-electron chi connectivity index (χ4n) is 1.93. The summed E-state index contributed by atoms with van der Waals surface area (Å²) in [6, 6.07) is 5.99. The first kappa shape index (κ1) is 17.9. The number of nitrogens with one attached hydrogen (secondary N) is 1. The summed E-state index contributed by atoms with van der Waals surface area (Å²) in [4.78, 5) is 12.0. The molecule has 0 aliphatic heterocycles. The van der Waals surface area contributed by atoms with Crippen LogP contribution < -0.4 is 10.1 Å². The van der Waals surface area contributed by atoms with E-state index in [9.17, 15) is 4.79 Å². The highest BCUT2D eigenvalue weighted by atomic mass is 32.2. The number of thioether (sulfide) groups is 1. The van der Waals surface area contributed by atoms with Crippen molar-refractivity contribution in [2.45, 2.75) is 52.4 Å². The Bertz CT molecular complexity index is 460. The van der Waals surface area contributed by atoms with Crippen LogP contribution in [0.15, 0.2) is 18.2 Å². The van der Waals surface area contributed by atoms with E-state index in [0.717, 1.165) is 22.6 Å². The highest BCUT2D eigenvalue weighted by Crippen LogP contribution is 2.22. The Labute approximate surface area is 132 Å². The molecule has 0 fully saturated rings. The van der Waals surface area contributed by atoms with Gasteiger partial charge in [-0.15, -0.1) is 0 Å². The van der Waals surface area contributed by atoms with Gasteiger partial charge in [-0.3, -0.25) is 4.79 Å². The number of benzene rings is 1. The molecule has 0 saturated heterocycles. The molecule has 0 bridgehead atoms. The summed E-state index contributed by atoms with van der Waals surface area (Å²) in [5.41, 5.74) is 2.28. The molecule has 0 unspecified atom stereocenters. The number of amides is 1. The van der Waals surface area contributed by atoms with Crippen LogP contribution in [-0.2, 0) is 4.79 Å². The minimum absolute atomic E-state index is 0.0660. The lowest BCUT2D eigenvalue weighted by molar-refractivity contribution is -0.127. The topological polar surface area (TPSA) is 38.3 Å². The standard InChI is InChI=1S/C17H27NO2S/c1-12-9-13(2)11-15(10-12)20-14(3)16(19)18-7-8-21-17(4,5)6/h9-11,14H,7-8H2,1-6H3,(H,18,19)/t14-/m1/s1. The van der Waals surface area contributed by atoms with Gasteiger partial charge in [0.1, 0.15) is 5.75 Å². The van der Waals surface area contributed by atoms with Gasteiger partial charge >= 0.3 is 0 Å². The largest absolute Gasteiger partial charge is 0.481 e. The van der Waals surface area contributed by atoms with Gasteiger partial charge in [0.2, 0.25) is 0 Å². The molecule has 1 N–H and O–H groups in total. The zero-order valence-electron chi connectivity index (χ0n) is 13.9. The van der Waals surface area contributed by atoms with E-state index in [4.69, 9.17) is 4.74 Å². The molecule has 1 amide bonds. The van der Waals surface area contributed by atoms with Crippen LogP contribution >= 0.6 is 11.8 Å². The van der Waals surface area contributed by atoms with E-state index in [1.807, 2.05) is 37.7 Å². The van der Waals surface area contributed by atoms with Gasteiger partial charge in [-0.25, -0.2) is 0 Å². The van der Waals surface area contributed by atoms with Crippen molar-refractivity contribution in [3.05, 3.63) is 29.3 Å². The van der Waals surface area contributed by atoms with Crippen LogP contribution in [0, 0.1) is 13.8 Å². The lowest BCUT2D eigenvalue weighted by atomic mass is 10.1.